The molecule has 0 saturated carbocycles. The van der Waals surface area contributed by atoms with Crippen molar-refractivity contribution in [2.75, 3.05) is 0 Å². The summed E-state index contributed by atoms with van der Waals surface area (Å²) in [5.41, 5.74) is 1.53. The molecule has 1 unspecified atom stereocenters. The minimum absolute atomic E-state index is 0.164. The van der Waals surface area contributed by atoms with E-state index in [0.29, 0.717) is 11.5 Å². The van der Waals surface area contributed by atoms with Gasteiger partial charge in [-0.2, -0.15) is 0 Å². The molecule has 1 aromatic heterocycles. The van der Waals surface area contributed by atoms with Crippen LogP contribution in [0.5, 0.6) is 0 Å². The summed E-state index contributed by atoms with van der Waals surface area (Å²) in [5, 5.41) is 13.1. The topological polar surface area (TPSA) is 63.3 Å². The molecule has 0 fully saturated rings. The van der Waals surface area contributed by atoms with Crippen molar-refractivity contribution < 1.29 is 18.8 Å². The molecule has 1 heterocycles. The molecule has 0 radical (unpaired) electrons. The third-order valence-electron chi connectivity index (χ3n) is 3.17. The Morgan fingerprint density at radius 2 is 2.11 bits per heavy atom. The van der Waals surface area contributed by atoms with Crippen LogP contribution in [0.3, 0.4) is 0 Å². The number of aliphatic carboxylic acids is 1. The first kappa shape index (κ1) is 13.3. The van der Waals surface area contributed by atoms with E-state index in [1.807, 2.05) is 0 Å². The molecule has 2 aromatic rings. The van der Waals surface area contributed by atoms with E-state index in [2.05, 4.69) is 5.16 Å². The lowest BCUT2D eigenvalue weighted by molar-refractivity contribution is -0.138. The van der Waals surface area contributed by atoms with Gasteiger partial charge in [0.1, 0.15) is 11.6 Å². The molecule has 4 nitrogen and oxygen atoms in total. The number of aryl methyl sites for hydroxylation is 2. The maximum atomic E-state index is 13.7. The van der Waals surface area contributed by atoms with Crippen LogP contribution < -0.4 is 0 Å². The Kier molecular flexibility index (Phi) is 3.64. The summed E-state index contributed by atoms with van der Waals surface area (Å²) >= 11 is 0. The first-order valence-electron chi connectivity index (χ1n) is 5.89. The average molecular weight is 263 g/mol. The van der Waals surface area contributed by atoms with Crippen molar-refractivity contribution >= 4 is 5.97 Å². The number of halogens is 1. The van der Waals surface area contributed by atoms with Gasteiger partial charge in [0.15, 0.2) is 0 Å². The van der Waals surface area contributed by atoms with Gasteiger partial charge < -0.3 is 9.63 Å². The zero-order chi connectivity index (χ0) is 14.0. The number of aromatic nitrogens is 1. The van der Waals surface area contributed by atoms with Crippen LogP contribution in [-0.4, -0.2) is 16.2 Å². The van der Waals surface area contributed by atoms with E-state index in [0.717, 1.165) is 5.56 Å². The lowest BCUT2D eigenvalue weighted by atomic mass is 9.91. The number of carbonyl (C=O) groups is 1. The number of nitrogens with zero attached hydrogens (tertiary/aromatic N) is 1. The summed E-state index contributed by atoms with van der Waals surface area (Å²) < 4.78 is 18.7. The second-order valence-corrected chi connectivity index (χ2v) is 4.42. The van der Waals surface area contributed by atoms with E-state index in [4.69, 9.17) is 4.52 Å². The third-order valence-corrected chi connectivity index (χ3v) is 3.17. The Balaban J connectivity index is 2.38. The van der Waals surface area contributed by atoms with Crippen LogP contribution in [0.4, 0.5) is 4.39 Å². The summed E-state index contributed by atoms with van der Waals surface area (Å²) in [6.07, 6.45) is 0.164. The Bertz CT molecular complexity index is 587. The molecule has 0 spiro atoms. The molecule has 0 bridgehead atoms. The lowest BCUT2D eigenvalue weighted by Crippen LogP contribution is -2.16. The van der Waals surface area contributed by atoms with Gasteiger partial charge in [-0.05, 0) is 26.3 Å². The van der Waals surface area contributed by atoms with Crippen molar-refractivity contribution in [3.63, 3.8) is 0 Å². The van der Waals surface area contributed by atoms with Crippen LogP contribution in [0.15, 0.2) is 28.8 Å². The summed E-state index contributed by atoms with van der Waals surface area (Å²) in [4.78, 5) is 11.4. The van der Waals surface area contributed by atoms with Crippen LogP contribution in [0.1, 0.15) is 28.5 Å². The first-order chi connectivity index (χ1) is 9.00. The van der Waals surface area contributed by atoms with Gasteiger partial charge in [0, 0.05) is 11.1 Å². The van der Waals surface area contributed by atoms with Gasteiger partial charge in [-0.3, -0.25) is 4.79 Å². The molecule has 100 valence electrons. The van der Waals surface area contributed by atoms with E-state index in [-0.39, 0.29) is 12.0 Å². The molecule has 1 atom stereocenters. The van der Waals surface area contributed by atoms with Crippen LogP contribution in [-0.2, 0) is 11.2 Å². The fourth-order valence-corrected chi connectivity index (χ4v) is 2.09. The third kappa shape index (κ3) is 2.65. The SMILES string of the molecule is Cc1noc(C)c1CC(C(=O)O)c1ccccc1F. The maximum Gasteiger partial charge on any atom is 0.311 e. The minimum Gasteiger partial charge on any atom is -0.481 e. The van der Waals surface area contributed by atoms with Crippen molar-refractivity contribution in [3.05, 3.63) is 52.7 Å². The summed E-state index contributed by atoms with van der Waals surface area (Å²) in [5.74, 6) is -1.95. The van der Waals surface area contributed by atoms with Gasteiger partial charge in [0.25, 0.3) is 0 Å². The number of carboxylic acids is 1. The van der Waals surface area contributed by atoms with Gasteiger partial charge in [-0.25, -0.2) is 4.39 Å². The highest BCUT2D eigenvalue weighted by Crippen LogP contribution is 2.26. The lowest BCUT2D eigenvalue weighted by Gasteiger charge is -2.13. The van der Waals surface area contributed by atoms with E-state index >= 15 is 0 Å². The molecule has 0 aliphatic carbocycles. The van der Waals surface area contributed by atoms with Crippen molar-refractivity contribution in [3.8, 4) is 0 Å². The van der Waals surface area contributed by atoms with Crippen LogP contribution in [0.2, 0.25) is 0 Å². The zero-order valence-corrected chi connectivity index (χ0v) is 10.7. The van der Waals surface area contributed by atoms with Gasteiger partial charge in [-0.1, -0.05) is 23.4 Å². The Labute approximate surface area is 109 Å². The van der Waals surface area contributed by atoms with Gasteiger partial charge >= 0.3 is 5.97 Å². The highest BCUT2D eigenvalue weighted by Gasteiger charge is 2.26. The highest BCUT2D eigenvalue weighted by molar-refractivity contribution is 5.76. The number of rotatable bonds is 4. The molecular weight excluding hydrogens is 249 g/mol. The molecular formula is C14H14FNO3. The minimum atomic E-state index is -1.06. The molecule has 0 saturated heterocycles. The standard InChI is InChI=1S/C14H14FNO3/c1-8-11(9(2)19-16-8)7-12(14(17)18)10-5-3-4-6-13(10)15/h3-6,12H,7H2,1-2H3,(H,17,18). The van der Waals surface area contributed by atoms with Gasteiger partial charge in [-0.15, -0.1) is 0 Å². The number of carboxylic acid groups (broad SMARTS) is 1. The molecule has 0 amide bonds. The van der Waals surface area contributed by atoms with E-state index in [1.165, 1.54) is 18.2 Å². The molecule has 2 rings (SSSR count). The Hall–Kier alpha value is -2.17. The molecule has 19 heavy (non-hydrogen) atoms. The fourth-order valence-electron chi connectivity index (χ4n) is 2.09. The van der Waals surface area contributed by atoms with Crippen LogP contribution in [0, 0.1) is 19.7 Å². The molecule has 1 aromatic carbocycles. The highest BCUT2D eigenvalue weighted by atomic mass is 19.1. The van der Waals surface area contributed by atoms with Gasteiger partial charge in [0.2, 0.25) is 0 Å². The van der Waals surface area contributed by atoms with E-state index in [9.17, 15) is 14.3 Å². The van der Waals surface area contributed by atoms with Crippen LogP contribution in [0.25, 0.3) is 0 Å². The monoisotopic (exact) mass is 263 g/mol. The van der Waals surface area contributed by atoms with Crippen molar-refractivity contribution in [2.24, 2.45) is 0 Å². The molecule has 1 N–H and O–H groups in total. The Morgan fingerprint density at radius 3 is 2.63 bits per heavy atom. The summed E-state index contributed by atoms with van der Waals surface area (Å²) in [7, 11) is 0. The summed E-state index contributed by atoms with van der Waals surface area (Å²) in [6, 6.07) is 5.92. The van der Waals surface area contributed by atoms with Gasteiger partial charge in [0.05, 0.1) is 11.6 Å². The van der Waals surface area contributed by atoms with Crippen LogP contribution >= 0.6 is 0 Å². The normalized spacial score (nSPS) is 12.4. The van der Waals surface area contributed by atoms with E-state index in [1.54, 1.807) is 19.9 Å². The van der Waals surface area contributed by atoms with Crippen molar-refractivity contribution in [1.82, 2.24) is 5.16 Å². The smallest absolute Gasteiger partial charge is 0.311 e. The molecule has 5 heteroatoms. The zero-order valence-electron chi connectivity index (χ0n) is 10.7. The molecule has 0 aliphatic rings. The number of hydrogen-bond donors (Lipinski definition) is 1. The van der Waals surface area contributed by atoms with E-state index < -0.39 is 17.7 Å². The Morgan fingerprint density at radius 1 is 1.42 bits per heavy atom. The second kappa shape index (κ2) is 5.22. The van der Waals surface area contributed by atoms with Crippen molar-refractivity contribution in [1.29, 1.82) is 0 Å². The maximum absolute atomic E-state index is 13.7. The first-order valence-corrected chi connectivity index (χ1v) is 5.89. The number of hydrogen-bond acceptors (Lipinski definition) is 3. The number of benzene rings is 1. The summed E-state index contributed by atoms with van der Waals surface area (Å²) in [6.45, 7) is 3.46. The van der Waals surface area contributed by atoms with Crippen molar-refractivity contribution in [2.45, 2.75) is 26.2 Å². The predicted octanol–water partition coefficient (Wildman–Crippen LogP) is 2.84. The quantitative estimate of drug-likeness (QED) is 0.921. The second-order valence-electron chi connectivity index (χ2n) is 4.42. The average Bonchev–Trinajstić information content (AvgIpc) is 2.67. The molecule has 0 aliphatic heterocycles. The fraction of sp³-hybridized carbons (Fsp3) is 0.286. The largest absolute Gasteiger partial charge is 0.481 e. The predicted molar refractivity (Wildman–Crippen MR) is 66.5 cm³/mol.